The van der Waals surface area contributed by atoms with Gasteiger partial charge in [-0.2, -0.15) is 5.10 Å². The number of hydrogen-bond acceptors (Lipinski definition) is 5. The second-order valence-corrected chi connectivity index (χ2v) is 5.75. The molecule has 0 aliphatic carbocycles. The highest BCUT2D eigenvalue weighted by Crippen LogP contribution is 2.22. The minimum absolute atomic E-state index is 0.287. The highest BCUT2D eigenvalue weighted by Gasteiger charge is 2.04. The fraction of sp³-hybridized carbons (Fsp3) is 0.118. The molecule has 0 atom stereocenters. The number of ether oxygens (including phenoxy) is 1. The minimum Gasteiger partial charge on any atom is -0.546 e. The Balaban J connectivity index is 1.97. The van der Waals surface area contributed by atoms with E-state index >= 15 is 0 Å². The Kier molecular flexibility index (Phi) is 6.73. The molecule has 0 radical (unpaired) electrons. The van der Waals surface area contributed by atoms with Gasteiger partial charge in [-0.1, -0.05) is 29.8 Å². The van der Waals surface area contributed by atoms with Gasteiger partial charge in [0.15, 0.2) is 5.11 Å². The van der Waals surface area contributed by atoms with E-state index in [-0.39, 0.29) is 5.11 Å². The van der Waals surface area contributed by atoms with Gasteiger partial charge in [0.1, 0.15) is 12.4 Å². The lowest BCUT2D eigenvalue weighted by Gasteiger charge is -2.11. The Morgan fingerprint density at radius 2 is 2.08 bits per heavy atom. The molecule has 0 saturated carbocycles. The molecule has 0 amide bonds. The standard InChI is InChI=1S/C17H16ClN3O3S/c1-11-13(18)6-4-7-14(11)20-17(25)21-19-9-12-5-2-3-8-15(12)24-10-16(22)23/h2-9H,10H2,1H3,(H,22,23)(H2,20,21,25)/p-1/b19-9-. The number of halogens is 1. The van der Waals surface area contributed by atoms with Gasteiger partial charge in [-0.25, -0.2) is 0 Å². The molecule has 0 aromatic heterocycles. The van der Waals surface area contributed by atoms with E-state index in [0.29, 0.717) is 16.3 Å². The van der Waals surface area contributed by atoms with Crippen molar-refractivity contribution in [2.24, 2.45) is 5.10 Å². The molecule has 0 unspecified atom stereocenters. The number of hydrazone groups is 1. The monoisotopic (exact) mass is 376 g/mol. The summed E-state index contributed by atoms with van der Waals surface area (Å²) in [6.07, 6.45) is 1.48. The second-order valence-electron chi connectivity index (χ2n) is 4.94. The summed E-state index contributed by atoms with van der Waals surface area (Å²) in [6, 6.07) is 12.3. The Morgan fingerprint density at radius 1 is 1.32 bits per heavy atom. The summed E-state index contributed by atoms with van der Waals surface area (Å²) in [6.45, 7) is 1.34. The molecule has 0 heterocycles. The third-order valence-electron chi connectivity index (χ3n) is 3.15. The van der Waals surface area contributed by atoms with Gasteiger partial charge in [0.05, 0.1) is 12.2 Å². The van der Waals surface area contributed by atoms with Crippen LogP contribution in [0.1, 0.15) is 11.1 Å². The molecule has 6 nitrogen and oxygen atoms in total. The third kappa shape index (κ3) is 5.74. The maximum Gasteiger partial charge on any atom is 0.191 e. The highest BCUT2D eigenvalue weighted by atomic mass is 35.5. The van der Waals surface area contributed by atoms with Gasteiger partial charge in [0.25, 0.3) is 0 Å². The molecule has 8 heteroatoms. The van der Waals surface area contributed by atoms with Gasteiger partial charge < -0.3 is 20.0 Å². The fourth-order valence-electron chi connectivity index (χ4n) is 1.91. The third-order valence-corrected chi connectivity index (χ3v) is 3.75. The van der Waals surface area contributed by atoms with E-state index in [1.54, 1.807) is 30.3 Å². The van der Waals surface area contributed by atoms with Crippen LogP contribution in [0.2, 0.25) is 5.02 Å². The van der Waals surface area contributed by atoms with E-state index in [1.165, 1.54) is 6.21 Å². The molecule has 130 valence electrons. The number of anilines is 1. The Bertz CT molecular complexity index is 811. The average Bonchev–Trinajstić information content (AvgIpc) is 2.58. The summed E-state index contributed by atoms with van der Waals surface area (Å²) in [4.78, 5) is 10.5. The molecule has 0 spiro atoms. The van der Waals surface area contributed by atoms with Crippen LogP contribution in [0.5, 0.6) is 5.75 Å². The first-order chi connectivity index (χ1) is 12.0. The average molecular weight is 377 g/mol. The number of carbonyl (C=O) groups is 1. The van der Waals surface area contributed by atoms with Crippen LogP contribution in [0.4, 0.5) is 5.69 Å². The van der Waals surface area contributed by atoms with Crippen LogP contribution >= 0.6 is 23.8 Å². The summed E-state index contributed by atoms with van der Waals surface area (Å²) in [5.74, 6) is -0.922. The maximum absolute atomic E-state index is 10.5. The van der Waals surface area contributed by atoms with Crippen LogP contribution in [-0.4, -0.2) is 23.9 Å². The van der Waals surface area contributed by atoms with Crippen LogP contribution in [-0.2, 0) is 4.79 Å². The van der Waals surface area contributed by atoms with Gasteiger partial charge in [-0.15, -0.1) is 0 Å². The summed E-state index contributed by atoms with van der Waals surface area (Å²) in [7, 11) is 0. The zero-order chi connectivity index (χ0) is 18.2. The molecule has 2 N–H and O–H groups in total. The molecular formula is C17H15ClN3O3S-. The number of nitrogens with zero attached hydrogens (tertiary/aromatic N) is 1. The predicted octanol–water partition coefficient (Wildman–Crippen LogP) is 2.10. The summed E-state index contributed by atoms with van der Waals surface area (Å²) >= 11 is 11.2. The summed E-state index contributed by atoms with van der Waals surface area (Å²) < 4.78 is 5.14. The van der Waals surface area contributed by atoms with Gasteiger partial charge in [-0.3, -0.25) is 5.43 Å². The molecule has 0 bridgehead atoms. The zero-order valence-corrected chi connectivity index (χ0v) is 14.9. The molecule has 2 rings (SSSR count). The molecule has 0 aliphatic rings. The van der Waals surface area contributed by atoms with Gasteiger partial charge in [-0.05, 0) is 49.0 Å². The van der Waals surface area contributed by atoms with Gasteiger partial charge >= 0.3 is 0 Å². The number of rotatable bonds is 6. The van der Waals surface area contributed by atoms with Crippen molar-refractivity contribution in [2.45, 2.75) is 6.92 Å². The lowest BCUT2D eigenvalue weighted by molar-refractivity contribution is -0.307. The summed E-state index contributed by atoms with van der Waals surface area (Å²) in [5, 5.41) is 18.4. The van der Waals surface area contributed by atoms with Gasteiger partial charge in [0.2, 0.25) is 0 Å². The number of nitrogens with one attached hydrogen (secondary N) is 2. The smallest absolute Gasteiger partial charge is 0.191 e. The predicted molar refractivity (Wildman–Crippen MR) is 100 cm³/mol. The van der Waals surface area contributed by atoms with Crippen LogP contribution in [0.3, 0.4) is 0 Å². The molecule has 0 fully saturated rings. The second kappa shape index (κ2) is 9.00. The van der Waals surface area contributed by atoms with Crippen molar-refractivity contribution in [1.82, 2.24) is 5.43 Å². The fourth-order valence-corrected chi connectivity index (χ4v) is 2.25. The number of hydrogen-bond donors (Lipinski definition) is 2. The van der Waals surface area contributed by atoms with Crippen molar-refractivity contribution in [1.29, 1.82) is 0 Å². The van der Waals surface area contributed by atoms with Crippen molar-refractivity contribution in [3.05, 3.63) is 58.6 Å². The maximum atomic E-state index is 10.5. The minimum atomic E-state index is -1.30. The van der Waals surface area contributed by atoms with E-state index in [9.17, 15) is 9.90 Å². The van der Waals surface area contributed by atoms with E-state index < -0.39 is 12.6 Å². The first-order valence-electron chi connectivity index (χ1n) is 7.24. The van der Waals surface area contributed by atoms with E-state index in [1.807, 2.05) is 19.1 Å². The number of benzene rings is 2. The summed E-state index contributed by atoms with van der Waals surface area (Å²) in [5.41, 5.74) is 4.93. The first kappa shape index (κ1) is 18.7. The molecular weight excluding hydrogens is 362 g/mol. The zero-order valence-electron chi connectivity index (χ0n) is 13.3. The molecule has 0 aliphatic heterocycles. The molecule has 2 aromatic rings. The number of thiocarbonyl (C=S) groups is 1. The van der Waals surface area contributed by atoms with Crippen LogP contribution in [0, 0.1) is 6.92 Å². The normalized spacial score (nSPS) is 10.5. The van der Waals surface area contributed by atoms with Gasteiger partial charge in [0, 0.05) is 16.3 Å². The number of para-hydroxylation sites is 1. The SMILES string of the molecule is Cc1c(Cl)cccc1NC(=S)N/N=C\c1ccccc1OCC(=O)[O-]. The van der Waals surface area contributed by atoms with E-state index in [0.717, 1.165) is 11.3 Å². The van der Waals surface area contributed by atoms with Crippen molar-refractivity contribution >= 4 is 46.8 Å². The molecule has 0 saturated heterocycles. The van der Waals surface area contributed by atoms with Crippen molar-refractivity contribution in [3.8, 4) is 5.75 Å². The van der Waals surface area contributed by atoms with E-state index in [2.05, 4.69) is 15.8 Å². The lowest BCUT2D eigenvalue weighted by Crippen LogP contribution is -2.29. The topological polar surface area (TPSA) is 85.8 Å². The van der Waals surface area contributed by atoms with Crippen molar-refractivity contribution in [2.75, 3.05) is 11.9 Å². The Morgan fingerprint density at radius 3 is 2.84 bits per heavy atom. The Hall–Kier alpha value is -2.64. The van der Waals surface area contributed by atoms with Crippen LogP contribution < -0.4 is 20.6 Å². The van der Waals surface area contributed by atoms with Crippen molar-refractivity contribution < 1.29 is 14.6 Å². The largest absolute Gasteiger partial charge is 0.546 e. The molecule has 25 heavy (non-hydrogen) atoms. The first-order valence-corrected chi connectivity index (χ1v) is 8.03. The lowest BCUT2D eigenvalue weighted by atomic mass is 10.2. The Labute approximate surface area is 155 Å². The number of carbonyl (C=O) groups excluding carboxylic acids is 1. The number of carboxylic acids is 1. The highest BCUT2D eigenvalue weighted by molar-refractivity contribution is 7.80. The van der Waals surface area contributed by atoms with Crippen LogP contribution in [0.15, 0.2) is 47.6 Å². The quantitative estimate of drug-likeness (QED) is 0.456. The molecule has 2 aromatic carbocycles. The number of aliphatic carboxylic acids is 1. The van der Waals surface area contributed by atoms with Crippen molar-refractivity contribution in [3.63, 3.8) is 0 Å². The van der Waals surface area contributed by atoms with E-state index in [4.69, 9.17) is 28.6 Å². The van der Waals surface area contributed by atoms with Crippen LogP contribution in [0.25, 0.3) is 0 Å². The number of carboxylic acid groups (broad SMARTS) is 1.